The van der Waals surface area contributed by atoms with Crippen molar-refractivity contribution in [1.82, 2.24) is 0 Å². The van der Waals surface area contributed by atoms with Gasteiger partial charge in [0.15, 0.2) is 6.61 Å². The summed E-state index contributed by atoms with van der Waals surface area (Å²) < 4.78 is 16.8. The van der Waals surface area contributed by atoms with E-state index in [0.717, 1.165) is 5.75 Å². The second-order valence-corrected chi connectivity index (χ2v) is 7.65. The van der Waals surface area contributed by atoms with E-state index < -0.39 is 5.41 Å². The fraction of sp³-hybridized carbons (Fsp3) is 0.391. The summed E-state index contributed by atoms with van der Waals surface area (Å²) in [6.07, 6.45) is 0. The Morgan fingerprint density at radius 3 is 2.40 bits per heavy atom. The molecule has 160 valence electrons. The van der Waals surface area contributed by atoms with Crippen LogP contribution < -0.4 is 24.4 Å². The summed E-state index contributed by atoms with van der Waals surface area (Å²) in [5.74, 6) is 1.63. The molecule has 2 amide bonds. The van der Waals surface area contributed by atoms with Gasteiger partial charge in [-0.3, -0.25) is 9.59 Å². The molecule has 0 aliphatic carbocycles. The quantitative estimate of drug-likeness (QED) is 0.747. The second-order valence-electron chi connectivity index (χ2n) is 7.65. The maximum atomic E-state index is 12.8. The van der Waals surface area contributed by atoms with Gasteiger partial charge in [0.2, 0.25) is 5.91 Å². The van der Waals surface area contributed by atoms with E-state index in [0.29, 0.717) is 36.0 Å². The summed E-state index contributed by atoms with van der Waals surface area (Å²) in [6, 6.07) is 12.4. The third kappa shape index (κ3) is 4.84. The van der Waals surface area contributed by atoms with Crippen LogP contribution in [0.1, 0.15) is 27.7 Å². The molecule has 0 saturated carbocycles. The number of fused-ring (bicyclic) bond motifs is 1. The van der Waals surface area contributed by atoms with Crippen molar-refractivity contribution in [3.63, 3.8) is 0 Å². The highest BCUT2D eigenvalue weighted by Crippen LogP contribution is 2.38. The number of anilines is 2. The molecule has 7 heteroatoms. The van der Waals surface area contributed by atoms with E-state index in [9.17, 15) is 9.59 Å². The Hall–Kier alpha value is -3.22. The molecule has 0 fully saturated rings. The van der Waals surface area contributed by atoms with E-state index in [1.54, 1.807) is 47.4 Å². The zero-order valence-electron chi connectivity index (χ0n) is 17.9. The first-order valence-corrected chi connectivity index (χ1v) is 10.1. The molecule has 3 rings (SSSR count). The lowest BCUT2D eigenvalue weighted by molar-refractivity contribution is -0.127. The molecular formula is C23H28N2O5. The van der Waals surface area contributed by atoms with Gasteiger partial charge in [-0.2, -0.15) is 0 Å². The summed E-state index contributed by atoms with van der Waals surface area (Å²) in [4.78, 5) is 26.8. The van der Waals surface area contributed by atoms with Crippen molar-refractivity contribution in [3.05, 3.63) is 42.5 Å². The van der Waals surface area contributed by atoms with Crippen LogP contribution >= 0.6 is 0 Å². The lowest BCUT2D eigenvalue weighted by Gasteiger charge is -2.26. The molecule has 1 aliphatic heterocycles. The van der Waals surface area contributed by atoms with Crippen LogP contribution in [-0.2, 0) is 9.59 Å². The van der Waals surface area contributed by atoms with E-state index in [1.165, 1.54) is 0 Å². The normalized spacial score (nSPS) is 14.9. The van der Waals surface area contributed by atoms with Crippen LogP contribution in [0.3, 0.4) is 0 Å². The van der Waals surface area contributed by atoms with Gasteiger partial charge in [-0.05, 0) is 64.1 Å². The molecule has 0 aromatic heterocycles. The topological polar surface area (TPSA) is 77.1 Å². The van der Waals surface area contributed by atoms with Gasteiger partial charge >= 0.3 is 0 Å². The first-order valence-electron chi connectivity index (χ1n) is 10.1. The molecule has 2 aromatic carbocycles. The van der Waals surface area contributed by atoms with Crippen LogP contribution in [0.4, 0.5) is 11.4 Å². The van der Waals surface area contributed by atoms with Crippen LogP contribution in [-0.4, -0.2) is 38.2 Å². The van der Waals surface area contributed by atoms with Crippen LogP contribution in [0, 0.1) is 5.41 Å². The summed E-state index contributed by atoms with van der Waals surface area (Å²) >= 11 is 0. The minimum atomic E-state index is -0.621. The maximum absolute atomic E-state index is 12.8. The van der Waals surface area contributed by atoms with Crippen molar-refractivity contribution < 1.29 is 23.8 Å². The highest BCUT2D eigenvalue weighted by molar-refractivity contribution is 6.00. The molecule has 0 unspecified atom stereocenters. The van der Waals surface area contributed by atoms with E-state index in [2.05, 4.69) is 5.32 Å². The molecule has 0 atom stereocenters. The minimum absolute atomic E-state index is 0.0179. The SMILES string of the molecule is CCOc1ccc(OCC(=O)Nc2ccc3c(c2)OCC(C)(C)C(=O)N3CC)cc1. The monoisotopic (exact) mass is 412 g/mol. The number of carbonyl (C=O) groups excluding carboxylic acids is 2. The zero-order chi connectivity index (χ0) is 21.7. The summed E-state index contributed by atoms with van der Waals surface area (Å²) in [6.45, 7) is 8.86. The van der Waals surface area contributed by atoms with E-state index in [-0.39, 0.29) is 25.0 Å². The first-order chi connectivity index (χ1) is 14.3. The van der Waals surface area contributed by atoms with Crippen LogP contribution in [0.5, 0.6) is 17.2 Å². The molecule has 30 heavy (non-hydrogen) atoms. The number of carbonyl (C=O) groups is 2. The molecule has 0 radical (unpaired) electrons. The number of nitrogens with one attached hydrogen (secondary N) is 1. The fourth-order valence-corrected chi connectivity index (χ4v) is 3.18. The molecule has 1 heterocycles. The van der Waals surface area contributed by atoms with Crippen LogP contribution in [0.25, 0.3) is 0 Å². The van der Waals surface area contributed by atoms with E-state index in [1.807, 2.05) is 27.7 Å². The maximum Gasteiger partial charge on any atom is 0.262 e. The predicted molar refractivity (Wildman–Crippen MR) is 115 cm³/mol. The first kappa shape index (κ1) is 21.5. The number of hydrogen-bond acceptors (Lipinski definition) is 5. The van der Waals surface area contributed by atoms with Gasteiger partial charge in [-0.25, -0.2) is 0 Å². The van der Waals surface area contributed by atoms with Crippen molar-refractivity contribution in [2.24, 2.45) is 5.41 Å². The lowest BCUT2D eigenvalue weighted by Crippen LogP contribution is -2.42. The molecule has 1 aliphatic rings. The number of ether oxygens (including phenoxy) is 3. The Labute approximate surface area is 176 Å². The lowest BCUT2D eigenvalue weighted by atomic mass is 9.93. The number of nitrogens with zero attached hydrogens (tertiary/aromatic N) is 1. The summed E-state index contributed by atoms with van der Waals surface area (Å²) in [7, 11) is 0. The Kier molecular flexibility index (Phi) is 6.50. The number of rotatable bonds is 7. The van der Waals surface area contributed by atoms with Gasteiger partial charge < -0.3 is 24.4 Å². The van der Waals surface area contributed by atoms with Gasteiger partial charge in [0, 0.05) is 18.3 Å². The third-order valence-corrected chi connectivity index (χ3v) is 4.77. The zero-order valence-corrected chi connectivity index (χ0v) is 17.9. The van der Waals surface area contributed by atoms with Gasteiger partial charge in [-0.1, -0.05) is 0 Å². The Morgan fingerprint density at radius 2 is 1.77 bits per heavy atom. The summed E-state index contributed by atoms with van der Waals surface area (Å²) in [5.41, 5.74) is 0.665. The van der Waals surface area contributed by atoms with E-state index >= 15 is 0 Å². The molecular weight excluding hydrogens is 384 g/mol. The summed E-state index contributed by atoms with van der Waals surface area (Å²) in [5, 5.41) is 2.81. The van der Waals surface area contributed by atoms with Gasteiger partial charge in [0.1, 0.15) is 23.9 Å². The molecule has 0 bridgehead atoms. The van der Waals surface area contributed by atoms with Gasteiger partial charge in [0.05, 0.1) is 17.7 Å². The minimum Gasteiger partial charge on any atom is -0.494 e. The standard InChI is InChI=1S/C23H28N2O5/c1-5-25-19-12-7-16(13-20(19)30-15-23(3,4)22(25)27)24-21(26)14-29-18-10-8-17(9-11-18)28-6-2/h7-13H,5-6,14-15H2,1-4H3,(H,24,26). The average molecular weight is 412 g/mol. The Balaban J connectivity index is 1.64. The molecule has 2 aromatic rings. The van der Waals surface area contributed by atoms with Crippen molar-refractivity contribution >= 4 is 23.2 Å². The third-order valence-electron chi connectivity index (χ3n) is 4.77. The molecule has 0 saturated heterocycles. The Bertz CT molecular complexity index is 908. The van der Waals surface area contributed by atoms with Crippen molar-refractivity contribution in [2.45, 2.75) is 27.7 Å². The number of amides is 2. The number of hydrogen-bond donors (Lipinski definition) is 1. The highest BCUT2D eigenvalue weighted by Gasteiger charge is 2.37. The highest BCUT2D eigenvalue weighted by atomic mass is 16.5. The van der Waals surface area contributed by atoms with Crippen LogP contribution in [0.2, 0.25) is 0 Å². The average Bonchev–Trinajstić information content (AvgIpc) is 2.82. The van der Waals surface area contributed by atoms with Crippen molar-refractivity contribution in [2.75, 3.05) is 36.6 Å². The fourth-order valence-electron chi connectivity index (χ4n) is 3.18. The smallest absolute Gasteiger partial charge is 0.262 e. The largest absolute Gasteiger partial charge is 0.494 e. The molecule has 0 spiro atoms. The second kappa shape index (κ2) is 9.07. The van der Waals surface area contributed by atoms with E-state index in [4.69, 9.17) is 14.2 Å². The Morgan fingerprint density at radius 1 is 1.10 bits per heavy atom. The van der Waals surface area contributed by atoms with Crippen LogP contribution in [0.15, 0.2) is 42.5 Å². The number of benzene rings is 2. The van der Waals surface area contributed by atoms with Crippen molar-refractivity contribution in [3.8, 4) is 17.2 Å². The van der Waals surface area contributed by atoms with Crippen molar-refractivity contribution in [1.29, 1.82) is 0 Å². The predicted octanol–water partition coefficient (Wildman–Crippen LogP) is 3.87. The van der Waals surface area contributed by atoms with Gasteiger partial charge in [-0.15, -0.1) is 0 Å². The molecule has 1 N–H and O–H groups in total. The molecule has 7 nitrogen and oxygen atoms in total. The van der Waals surface area contributed by atoms with Gasteiger partial charge in [0.25, 0.3) is 5.91 Å².